The van der Waals surface area contributed by atoms with E-state index >= 15 is 0 Å². The van der Waals surface area contributed by atoms with Crippen LogP contribution in [0, 0.1) is 13.8 Å². The molecule has 0 aliphatic heterocycles. The van der Waals surface area contributed by atoms with E-state index in [1.165, 1.54) is 0 Å². The van der Waals surface area contributed by atoms with Gasteiger partial charge in [-0.1, -0.05) is 41.9 Å². The van der Waals surface area contributed by atoms with Gasteiger partial charge in [-0.25, -0.2) is 9.67 Å². The Balaban J connectivity index is 1.66. The molecule has 0 atom stereocenters. The van der Waals surface area contributed by atoms with E-state index in [1.807, 2.05) is 49.4 Å². The van der Waals surface area contributed by atoms with Crippen molar-refractivity contribution < 1.29 is 9.53 Å². The van der Waals surface area contributed by atoms with Crippen molar-refractivity contribution in [1.29, 1.82) is 0 Å². The normalized spacial score (nSPS) is 10.7. The number of hydrogen-bond acceptors (Lipinski definition) is 4. The first kappa shape index (κ1) is 18.9. The lowest BCUT2D eigenvalue weighted by Crippen LogP contribution is -2.31. The van der Waals surface area contributed by atoms with Crippen LogP contribution in [0.3, 0.4) is 0 Å². The van der Waals surface area contributed by atoms with Gasteiger partial charge in [0, 0.05) is 7.05 Å². The van der Waals surface area contributed by atoms with Gasteiger partial charge >= 0.3 is 0 Å². The second-order valence-corrected chi connectivity index (χ2v) is 6.59. The molecule has 0 unspecified atom stereocenters. The summed E-state index contributed by atoms with van der Waals surface area (Å²) in [6.07, 6.45) is 0. The Kier molecular flexibility index (Phi) is 5.76. The highest BCUT2D eigenvalue weighted by Crippen LogP contribution is 2.20. The van der Waals surface area contributed by atoms with Crippen LogP contribution in [0.5, 0.6) is 5.75 Å². The molecule has 6 nitrogen and oxygen atoms in total. The van der Waals surface area contributed by atoms with Gasteiger partial charge in [0.1, 0.15) is 18.2 Å². The van der Waals surface area contributed by atoms with E-state index in [0.717, 1.165) is 11.3 Å². The number of nitrogens with zero attached hydrogens (tertiary/aromatic N) is 4. The fourth-order valence-electron chi connectivity index (χ4n) is 2.62. The second-order valence-electron chi connectivity index (χ2n) is 6.19. The fraction of sp³-hybridized carbons (Fsp3) is 0.250. The van der Waals surface area contributed by atoms with Crippen molar-refractivity contribution in [2.45, 2.75) is 13.8 Å². The Labute approximate surface area is 163 Å². The van der Waals surface area contributed by atoms with Crippen molar-refractivity contribution in [3.63, 3.8) is 0 Å². The summed E-state index contributed by atoms with van der Waals surface area (Å²) < 4.78 is 7.33. The average molecular weight is 385 g/mol. The zero-order chi connectivity index (χ0) is 19.4. The smallest absolute Gasteiger partial charge is 0.293 e. The molecule has 0 saturated carbocycles. The van der Waals surface area contributed by atoms with Crippen molar-refractivity contribution in [2.24, 2.45) is 0 Å². The third-order valence-corrected chi connectivity index (χ3v) is 4.49. The highest BCUT2D eigenvalue weighted by Gasteiger charge is 2.19. The maximum atomic E-state index is 12.6. The minimum absolute atomic E-state index is 0.130. The number of benzene rings is 2. The van der Waals surface area contributed by atoms with Gasteiger partial charge < -0.3 is 9.64 Å². The lowest BCUT2D eigenvalue weighted by atomic mass is 10.2. The highest BCUT2D eigenvalue weighted by molar-refractivity contribution is 6.32. The van der Waals surface area contributed by atoms with E-state index in [-0.39, 0.29) is 11.7 Å². The van der Waals surface area contributed by atoms with Crippen molar-refractivity contribution >= 4 is 17.5 Å². The van der Waals surface area contributed by atoms with E-state index in [9.17, 15) is 4.79 Å². The molecule has 1 aromatic heterocycles. The molecule has 7 heteroatoms. The molecule has 0 aliphatic rings. The summed E-state index contributed by atoms with van der Waals surface area (Å²) >= 11 is 6.22. The largest absolute Gasteiger partial charge is 0.491 e. The predicted molar refractivity (Wildman–Crippen MR) is 105 cm³/mol. The maximum Gasteiger partial charge on any atom is 0.293 e. The molecular weight excluding hydrogens is 364 g/mol. The summed E-state index contributed by atoms with van der Waals surface area (Å²) in [6.45, 7) is 4.58. The molecular formula is C20H21ClN4O2. The van der Waals surface area contributed by atoms with Gasteiger partial charge in [-0.2, -0.15) is 0 Å². The molecule has 3 rings (SSSR count). The third-order valence-electron chi connectivity index (χ3n) is 4.17. The predicted octanol–water partition coefficient (Wildman–Crippen LogP) is 3.69. The first-order chi connectivity index (χ1) is 13.0. The molecule has 3 aromatic rings. The number of amides is 1. The van der Waals surface area contributed by atoms with Crippen LogP contribution in [0.2, 0.25) is 5.02 Å². The molecule has 0 saturated heterocycles. The molecule has 0 bridgehead atoms. The minimum Gasteiger partial charge on any atom is -0.491 e. The van der Waals surface area contributed by atoms with Crippen LogP contribution in [0.25, 0.3) is 5.69 Å². The zero-order valence-electron chi connectivity index (χ0n) is 15.5. The first-order valence-electron chi connectivity index (χ1n) is 8.60. The monoisotopic (exact) mass is 384 g/mol. The number of likely N-dealkylation sites (N-methyl/N-ethyl adjacent to an activating group) is 1. The third kappa shape index (κ3) is 4.28. The van der Waals surface area contributed by atoms with Crippen molar-refractivity contribution in [3.8, 4) is 11.4 Å². The van der Waals surface area contributed by atoms with E-state index < -0.39 is 0 Å². The standard InChI is InChI=1S/C20H21ClN4O2/c1-14-8-4-7-11-18(14)27-13-12-24(3)20(26)19-22-15(2)25(23-19)17-10-6-5-9-16(17)21/h4-11H,12-13H2,1-3H3. The number of aromatic nitrogens is 3. The average Bonchev–Trinajstić information content (AvgIpc) is 3.04. The topological polar surface area (TPSA) is 60.2 Å². The molecule has 0 radical (unpaired) electrons. The summed E-state index contributed by atoms with van der Waals surface area (Å²) in [5.41, 5.74) is 1.75. The van der Waals surface area contributed by atoms with Crippen LogP contribution < -0.4 is 4.74 Å². The molecule has 0 aliphatic carbocycles. The Morgan fingerprint density at radius 2 is 1.85 bits per heavy atom. The second kappa shape index (κ2) is 8.22. The number of hydrogen-bond donors (Lipinski definition) is 0. The first-order valence-corrected chi connectivity index (χ1v) is 8.97. The Bertz CT molecular complexity index is 955. The van der Waals surface area contributed by atoms with Crippen LogP contribution >= 0.6 is 11.6 Å². The zero-order valence-corrected chi connectivity index (χ0v) is 16.3. The number of ether oxygens (including phenoxy) is 1. The highest BCUT2D eigenvalue weighted by atomic mass is 35.5. The number of carbonyl (C=O) groups is 1. The van der Waals surface area contributed by atoms with E-state index in [4.69, 9.17) is 16.3 Å². The van der Waals surface area contributed by atoms with Crippen LogP contribution in [0.1, 0.15) is 22.0 Å². The SMILES string of the molecule is Cc1ccccc1OCCN(C)C(=O)c1nc(C)n(-c2ccccc2Cl)n1. The van der Waals surface area contributed by atoms with E-state index in [1.54, 1.807) is 29.6 Å². The molecule has 2 aromatic carbocycles. The summed E-state index contributed by atoms with van der Waals surface area (Å²) in [5.74, 6) is 1.27. The minimum atomic E-state index is -0.266. The number of halogens is 1. The molecule has 27 heavy (non-hydrogen) atoms. The van der Waals surface area contributed by atoms with Crippen molar-refractivity contribution in [1.82, 2.24) is 19.7 Å². The number of carbonyl (C=O) groups excluding carboxylic acids is 1. The quantitative estimate of drug-likeness (QED) is 0.650. The van der Waals surface area contributed by atoms with Crippen LogP contribution in [0.15, 0.2) is 48.5 Å². The van der Waals surface area contributed by atoms with Gasteiger partial charge in [0.2, 0.25) is 5.82 Å². The van der Waals surface area contributed by atoms with Gasteiger partial charge in [-0.15, -0.1) is 5.10 Å². The fourth-order valence-corrected chi connectivity index (χ4v) is 2.83. The molecule has 0 fully saturated rings. The van der Waals surface area contributed by atoms with Crippen LogP contribution in [-0.2, 0) is 0 Å². The van der Waals surface area contributed by atoms with Crippen LogP contribution in [0.4, 0.5) is 0 Å². The summed E-state index contributed by atoms with van der Waals surface area (Å²) in [5, 5.41) is 4.88. The van der Waals surface area contributed by atoms with Gasteiger partial charge in [0.15, 0.2) is 0 Å². The number of aryl methyl sites for hydroxylation is 2. The molecule has 0 N–H and O–H groups in total. The summed E-state index contributed by atoms with van der Waals surface area (Å²) in [4.78, 5) is 18.5. The van der Waals surface area contributed by atoms with Gasteiger partial charge in [-0.05, 0) is 37.6 Å². The molecule has 0 spiro atoms. The van der Waals surface area contributed by atoms with Crippen molar-refractivity contribution in [2.75, 3.05) is 20.2 Å². The molecule has 1 amide bonds. The van der Waals surface area contributed by atoms with Crippen molar-refractivity contribution in [3.05, 3.63) is 70.8 Å². The van der Waals surface area contributed by atoms with Gasteiger partial charge in [0.25, 0.3) is 5.91 Å². The van der Waals surface area contributed by atoms with Gasteiger partial charge in [0.05, 0.1) is 17.3 Å². The number of rotatable bonds is 6. The van der Waals surface area contributed by atoms with Gasteiger partial charge in [-0.3, -0.25) is 4.79 Å². The lowest BCUT2D eigenvalue weighted by Gasteiger charge is -2.16. The van der Waals surface area contributed by atoms with Crippen LogP contribution in [-0.4, -0.2) is 45.8 Å². The maximum absolute atomic E-state index is 12.6. The molecule has 140 valence electrons. The Morgan fingerprint density at radius 3 is 2.59 bits per heavy atom. The van der Waals surface area contributed by atoms with E-state index in [2.05, 4.69) is 10.1 Å². The summed E-state index contributed by atoms with van der Waals surface area (Å²) in [6, 6.07) is 15.1. The van der Waals surface area contributed by atoms with E-state index in [0.29, 0.717) is 29.7 Å². The Morgan fingerprint density at radius 1 is 1.15 bits per heavy atom. The Hall–Kier alpha value is -2.86. The summed E-state index contributed by atoms with van der Waals surface area (Å²) in [7, 11) is 1.70. The number of para-hydroxylation sites is 2. The lowest BCUT2D eigenvalue weighted by molar-refractivity contribution is 0.0761. The molecule has 1 heterocycles.